The molecule has 30 heavy (non-hydrogen) atoms. The fourth-order valence-corrected chi connectivity index (χ4v) is 6.58. The van der Waals surface area contributed by atoms with Crippen molar-refractivity contribution in [2.75, 3.05) is 0 Å². The van der Waals surface area contributed by atoms with Crippen LogP contribution in [-0.4, -0.2) is 33.1 Å². The van der Waals surface area contributed by atoms with Gasteiger partial charge in [-0.2, -0.15) is 0 Å². The molecule has 0 radical (unpaired) electrons. The third-order valence-corrected chi connectivity index (χ3v) is 8.62. The molecule has 3 aliphatic rings. The lowest BCUT2D eigenvalue weighted by Gasteiger charge is -2.44. The number of allylic oxidation sites excluding steroid dienone is 4. The average Bonchev–Trinajstić information content (AvgIpc) is 3.03. The molecule has 3 nitrogen and oxygen atoms in total. The third-order valence-electron chi connectivity index (χ3n) is 8.62. The zero-order valence-electron chi connectivity index (χ0n) is 19.7. The van der Waals surface area contributed by atoms with E-state index in [1.165, 1.54) is 43.3 Å². The van der Waals surface area contributed by atoms with Gasteiger partial charge in [0.15, 0.2) is 0 Å². The maximum atomic E-state index is 10.3. The summed E-state index contributed by atoms with van der Waals surface area (Å²) in [6, 6.07) is 0. The molecule has 0 aliphatic heterocycles. The monoisotopic (exact) mass is 416 g/mol. The second kappa shape index (κ2) is 9.30. The Morgan fingerprint density at radius 3 is 2.60 bits per heavy atom. The highest BCUT2D eigenvalue weighted by molar-refractivity contribution is 5.36. The van der Waals surface area contributed by atoms with Crippen molar-refractivity contribution >= 4 is 0 Å². The van der Waals surface area contributed by atoms with Crippen molar-refractivity contribution in [3.05, 3.63) is 35.5 Å². The maximum absolute atomic E-state index is 10.3. The zero-order valence-corrected chi connectivity index (χ0v) is 19.7. The summed E-state index contributed by atoms with van der Waals surface area (Å²) >= 11 is 0. The molecule has 0 heterocycles. The number of hydrogen-bond donors (Lipinski definition) is 3. The fourth-order valence-electron chi connectivity index (χ4n) is 6.58. The van der Waals surface area contributed by atoms with Crippen molar-refractivity contribution in [2.24, 2.45) is 23.2 Å². The summed E-state index contributed by atoms with van der Waals surface area (Å²) in [5.74, 6) is 1.89. The Morgan fingerprint density at radius 1 is 1.17 bits per heavy atom. The van der Waals surface area contributed by atoms with Gasteiger partial charge in [0.2, 0.25) is 0 Å². The molecule has 0 aromatic heterocycles. The molecule has 0 aromatic carbocycles. The highest BCUT2D eigenvalue weighted by Crippen LogP contribution is 2.60. The van der Waals surface area contributed by atoms with Crippen molar-refractivity contribution < 1.29 is 15.3 Å². The Bertz CT molecular complexity index is 683. The molecule has 0 aromatic rings. The van der Waals surface area contributed by atoms with Crippen LogP contribution in [0.3, 0.4) is 0 Å². The van der Waals surface area contributed by atoms with Crippen molar-refractivity contribution in [1.82, 2.24) is 0 Å². The van der Waals surface area contributed by atoms with Gasteiger partial charge in [0, 0.05) is 0 Å². The number of aliphatic hydroxyl groups is 3. The van der Waals surface area contributed by atoms with E-state index in [0.717, 1.165) is 25.7 Å². The molecule has 3 N–H and O–H groups in total. The molecule has 3 fully saturated rings. The van der Waals surface area contributed by atoms with Crippen molar-refractivity contribution in [3.63, 3.8) is 0 Å². The highest BCUT2D eigenvalue weighted by atomic mass is 16.3. The summed E-state index contributed by atoms with van der Waals surface area (Å²) in [7, 11) is 0. The smallest absolute Gasteiger partial charge is 0.0849 e. The quantitative estimate of drug-likeness (QED) is 0.520. The Morgan fingerprint density at radius 2 is 1.90 bits per heavy atom. The van der Waals surface area contributed by atoms with Crippen LogP contribution in [0.4, 0.5) is 0 Å². The Labute approximate surface area is 184 Å². The van der Waals surface area contributed by atoms with Crippen LogP contribution in [-0.2, 0) is 0 Å². The molecule has 0 amide bonds. The molecular weight excluding hydrogens is 372 g/mol. The summed E-state index contributed by atoms with van der Waals surface area (Å²) in [6.07, 6.45) is 14.1. The van der Waals surface area contributed by atoms with E-state index in [2.05, 4.69) is 32.6 Å². The number of rotatable bonds is 6. The largest absolute Gasteiger partial charge is 0.393 e. The summed E-state index contributed by atoms with van der Waals surface area (Å²) in [6.45, 7) is 12.5. The minimum absolute atomic E-state index is 0.215. The van der Waals surface area contributed by atoms with Gasteiger partial charge >= 0.3 is 0 Å². The van der Waals surface area contributed by atoms with E-state index in [9.17, 15) is 15.3 Å². The standard InChI is InChI=1S/C27H44O3/c1-18-8-12-22(28)17-21(18)11-10-20-7-6-16-27(5)23(13-14-24(20)27)19(2)9-15-25(29)26(3,4)30/h10-11,19,22-25,28-30H,1,6-9,12-17H2,2-5H3/b20-10?,21-11-/t19-,22+,23-,24?,25?,27-/m1/s1. The van der Waals surface area contributed by atoms with Crippen molar-refractivity contribution in [1.29, 1.82) is 0 Å². The number of hydrogen-bond acceptors (Lipinski definition) is 3. The van der Waals surface area contributed by atoms with E-state index in [1.54, 1.807) is 19.4 Å². The van der Waals surface area contributed by atoms with Crippen LogP contribution in [0, 0.1) is 23.2 Å². The van der Waals surface area contributed by atoms with Crippen LogP contribution in [0.5, 0.6) is 0 Å². The molecule has 6 atom stereocenters. The second-order valence-electron chi connectivity index (χ2n) is 11.3. The van der Waals surface area contributed by atoms with Gasteiger partial charge in [-0.05, 0) is 107 Å². The first kappa shape index (κ1) is 23.8. The summed E-state index contributed by atoms with van der Waals surface area (Å²) in [4.78, 5) is 0. The molecular formula is C27H44O3. The van der Waals surface area contributed by atoms with Gasteiger partial charge in [0.1, 0.15) is 0 Å². The van der Waals surface area contributed by atoms with Gasteiger partial charge in [-0.1, -0.05) is 43.7 Å². The fraction of sp³-hybridized carbons (Fsp3) is 0.778. The van der Waals surface area contributed by atoms with Crippen LogP contribution >= 0.6 is 0 Å². The lowest BCUT2D eigenvalue weighted by atomic mass is 9.60. The second-order valence-corrected chi connectivity index (χ2v) is 11.3. The molecule has 3 saturated carbocycles. The first-order valence-corrected chi connectivity index (χ1v) is 12.2. The van der Waals surface area contributed by atoms with Gasteiger partial charge in [-0.15, -0.1) is 0 Å². The minimum atomic E-state index is -1.02. The molecule has 2 unspecified atom stereocenters. The third kappa shape index (κ3) is 5.11. The van der Waals surface area contributed by atoms with Gasteiger partial charge in [-0.25, -0.2) is 0 Å². The van der Waals surface area contributed by atoms with E-state index in [1.807, 2.05) is 0 Å². The summed E-state index contributed by atoms with van der Waals surface area (Å²) in [5.41, 5.74) is 3.34. The number of aliphatic hydroxyl groups excluding tert-OH is 2. The normalized spacial score (nSPS) is 37.4. The van der Waals surface area contributed by atoms with Crippen LogP contribution in [0.15, 0.2) is 35.5 Å². The molecule has 170 valence electrons. The molecule has 3 aliphatic carbocycles. The minimum Gasteiger partial charge on any atom is -0.393 e. The topological polar surface area (TPSA) is 60.7 Å². The Balaban J connectivity index is 1.69. The summed E-state index contributed by atoms with van der Waals surface area (Å²) < 4.78 is 0. The first-order valence-electron chi connectivity index (χ1n) is 12.2. The first-order chi connectivity index (χ1) is 14.0. The molecule has 3 rings (SSSR count). The predicted octanol–water partition coefficient (Wildman–Crippen LogP) is 5.70. The van der Waals surface area contributed by atoms with Crippen LogP contribution in [0.2, 0.25) is 0 Å². The SMILES string of the molecule is C=C1CC[C@H](O)C/C1=C/C=C1CCC[C@@]2(C)C1CC[C@@H]2[C@H](C)CCC(O)C(C)(C)O. The van der Waals surface area contributed by atoms with Crippen molar-refractivity contribution in [2.45, 2.75) is 110 Å². The molecule has 0 bridgehead atoms. The van der Waals surface area contributed by atoms with E-state index in [-0.39, 0.29) is 6.10 Å². The lowest BCUT2D eigenvalue weighted by molar-refractivity contribution is -0.0554. The van der Waals surface area contributed by atoms with Gasteiger partial charge in [0.25, 0.3) is 0 Å². The Hall–Kier alpha value is -0.900. The molecule has 0 spiro atoms. The summed E-state index contributed by atoms with van der Waals surface area (Å²) in [5, 5.41) is 30.3. The lowest BCUT2D eigenvalue weighted by Crippen LogP contribution is -2.38. The Kier molecular flexibility index (Phi) is 7.37. The van der Waals surface area contributed by atoms with E-state index in [4.69, 9.17) is 0 Å². The van der Waals surface area contributed by atoms with E-state index in [0.29, 0.717) is 29.6 Å². The zero-order chi connectivity index (χ0) is 22.1. The highest BCUT2D eigenvalue weighted by Gasteiger charge is 2.50. The molecule has 0 saturated heterocycles. The van der Waals surface area contributed by atoms with E-state index >= 15 is 0 Å². The van der Waals surface area contributed by atoms with E-state index < -0.39 is 11.7 Å². The average molecular weight is 417 g/mol. The van der Waals surface area contributed by atoms with Gasteiger partial charge < -0.3 is 15.3 Å². The maximum Gasteiger partial charge on any atom is 0.0849 e. The number of fused-ring (bicyclic) bond motifs is 1. The van der Waals surface area contributed by atoms with Crippen LogP contribution in [0.1, 0.15) is 91.9 Å². The van der Waals surface area contributed by atoms with Gasteiger partial charge in [0.05, 0.1) is 17.8 Å². The van der Waals surface area contributed by atoms with Crippen molar-refractivity contribution in [3.8, 4) is 0 Å². The van der Waals surface area contributed by atoms with Crippen LogP contribution in [0.25, 0.3) is 0 Å². The molecule has 3 heteroatoms. The van der Waals surface area contributed by atoms with Crippen LogP contribution < -0.4 is 0 Å². The predicted molar refractivity (Wildman–Crippen MR) is 124 cm³/mol. The van der Waals surface area contributed by atoms with Gasteiger partial charge in [-0.3, -0.25) is 0 Å².